The Bertz CT molecular complexity index is 1060. The molecule has 0 aliphatic carbocycles. The number of hydrogen-bond acceptors (Lipinski definition) is 4. The number of ether oxygens (including phenoxy) is 1. The Hall–Kier alpha value is -2.59. The number of halogens is 4. The average molecular weight is 495 g/mol. The van der Waals surface area contributed by atoms with Gasteiger partial charge in [0, 0.05) is 12.1 Å². The number of carbonyl (C=O) groups is 1. The SMILES string of the molecule is CCCCOc1ccc(B2OC(C)(C)C(C)(C)O2)cc1CNC(=O)c1ccc(C(F)(F)F)cc1F. The van der Waals surface area contributed by atoms with Crippen molar-refractivity contribution < 1.29 is 36.4 Å². The molecule has 1 fully saturated rings. The summed E-state index contributed by atoms with van der Waals surface area (Å²) >= 11 is 0. The summed E-state index contributed by atoms with van der Waals surface area (Å²) < 4.78 is 70.7. The molecule has 3 rings (SSSR count). The van der Waals surface area contributed by atoms with Gasteiger partial charge in [-0.15, -0.1) is 0 Å². The van der Waals surface area contributed by atoms with Crippen molar-refractivity contribution in [2.24, 2.45) is 0 Å². The van der Waals surface area contributed by atoms with Gasteiger partial charge in [-0.1, -0.05) is 25.5 Å². The van der Waals surface area contributed by atoms with Crippen LogP contribution in [0.15, 0.2) is 36.4 Å². The van der Waals surface area contributed by atoms with E-state index in [1.165, 1.54) is 0 Å². The molecule has 190 valence electrons. The summed E-state index contributed by atoms with van der Waals surface area (Å²) in [5.41, 5.74) is -1.39. The van der Waals surface area contributed by atoms with Gasteiger partial charge in [0.25, 0.3) is 5.91 Å². The third-order valence-corrected chi connectivity index (χ3v) is 6.35. The van der Waals surface area contributed by atoms with Crippen molar-refractivity contribution in [3.8, 4) is 5.75 Å². The van der Waals surface area contributed by atoms with Crippen molar-refractivity contribution in [3.63, 3.8) is 0 Å². The third kappa shape index (κ3) is 6.16. The smallest absolute Gasteiger partial charge is 0.493 e. The van der Waals surface area contributed by atoms with Crippen LogP contribution in [0.5, 0.6) is 5.75 Å². The largest absolute Gasteiger partial charge is 0.494 e. The second-order valence-corrected chi connectivity index (χ2v) is 9.53. The molecule has 0 aromatic heterocycles. The van der Waals surface area contributed by atoms with E-state index in [2.05, 4.69) is 5.32 Å². The molecular formula is C25H30BF4NO4. The molecular weight excluding hydrogens is 465 g/mol. The molecule has 35 heavy (non-hydrogen) atoms. The Morgan fingerprint density at radius 3 is 2.29 bits per heavy atom. The van der Waals surface area contributed by atoms with Crippen LogP contribution in [0.2, 0.25) is 0 Å². The maximum absolute atomic E-state index is 14.2. The lowest BCUT2D eigenvalue weighted by Gasteiger charge is -2.32. The zero-order chi connectivity index (χ0) is 26.0. The first-order valence-electron chi connectivity index (χ1n) is 11.5. The summed E-state index contributed by atoms with van der Waals surface area (Å²) in [6, 6.07) is 7.18. The fourth-order valence-electron chi connectivity index (χ4n) is 3.48. The lowest BCUT2D eigenvalue weighted by atomic mass is 9.78. The van der Waals surface area contributed by atoms with Crippen molar-refractivity contribution in [1.29, 1.82) is 0 Å². The highest BCUT2D eigenvalue weighted by Gasteiger charge is 2.51. The van der Waals surface area contributed by atoms with Gasteiger partial charge in [0.2, 0.25) is 0 Å². The molecule has 1 aliphatic rings. The van der Waals surface area contributed by atoms with Gasteiger partial charge in [-0.05, 0) is 63.8 Å². The van der Waals surface area contributed by atoms with Crippen LogP contribution in [-0.4, -0.2) is 30.8 Å². The number of carbonyl (C=O) groups excluding carboxylic acids is 1. The fourth-order valence-corrected chi connectivity index (χ4v) is 3.48. The van der Waals surface area contributed by atoms with Gasteiger partial charge >= 0.3 is 13.3 Å². The van der Waals surface area contributed by atoms with E-state index in [9.17, 15) is 22.4 Å². The number of hydrogen-bond donors (Lipinski definition) is 1. The van der Waals surface area contributed by atoms with E-state index in [1.807, 2.05) is 40.7 Å². The topological polar surface area (TPSA) is 56.8 Å². The van der Waals surface area contributed by atoms with Crippen LogP contribution in [0, 0.1) is 5.82 Å². The summed E-state index contributed by atoms with van der Waals surface area (Å²) in [4.78, 5) is 12.6. The Morgan fingerprint density at radius 1 is 1.06 bits per heavy atom. The molecule has 2 aromatic carbocycles. The monoisotopic (exact) mass is 495 g/mol. The predicted molar refractivity (Wildman–Crippen MR) is 125 cm³/mol. The van der Waals surface area contributed by atoms with Crippen molar-refractivity contribution in [3.05, 3.63) is 58.9 Å². The number of nitrogens with one attached hydrogen (secondary N) is 1. The van der Waals surface area contributed by atoms with E-state index in [4.69, 9.17) is 14.0 Å². The maximum Gasteiger partial charge on any atom is 0.494 e. The van der Waals surface area contributed by atoms with Crippen LogP contribution in [0.3, 0.4) is 0 Å². The molecule has 1 N–H and O–H groups in total. The second-order valence-electron chi connectivity index (χ2n) is 9.53. The Labute approximate surface area is 203 Å². The van der Waals surface area contributed by atoms with Crippen molar-refractivity contribution in [2.45, 2.75) is 71.4 Å². The van der Waals surface area contributed by atoms with Crippen molar-refractivity contribution in [1.82, 2.24) is 5.32 Å². The molecule has 0 spiro atoms. The molecule has 0 unspecified atom stereocenters. The highest BCUT2D eigenvalue weighted by Crippen LogP contribution is 2.37. The van der Waals surface area contributed by atoms with Crippen LogP contribution >= 0.6 is 0 Å². The molecule has 10 heteroatoms. The van der Waals surface area contributed by atoms with Crippen LogP contribution in [0.4, 0.5) is 17.6 Å². The Morgan fingerprint density at radius 2 is 1.71 bits per heavy atom. The van der Waals surface area contributed by atoms with Gasteiger partial charge in [0.1, 0.15) is 11.6 Å². The van der Waals surface area contributed by atoms with E-state index in [1.54, 1.807) is 12.1 Å². The normalized spacial score (nSPS) is 16.9. The molecule has 0 atom stereocenters. The minimum Gasteiger partial charge on any atom is -0.493 e. The van der Waals surface area contributed by atoms with E-state index in [0.29, 0.717) is 30.1 Å². The minimum atomic E-state index is -4.70. The van der Waals surface area contributed by atoms with Crippen molar-refractivity contribution in [2.75, 3.05) is 6.61 Å². The molecule has 0 saturated carbocycles. The first kappa shape index (κ1) is 27.0. The molecule has 2 aromatic rings. The zero-order valence-electron chi connectivity index (χ0n) is 20.5. The van der Waals surface area contributed by atoms with E-state index < -0.39 is 47.3 Å². The highest BCUT2D eigenvalue weighted by atomic mass is 19.4. The van der Waals surface area contributed by atoms with E-state index >= 15 is 0 Å². The summed E-state index contributed by atoms with van der Waals surface area (Å²) in [5.74, 6) is -1.55. The Balaban J connectivity index is 1.81. The first-order chi connectivity index (χ1) is 16.2. The van der Waals surface area contributed by atoms with Crippen LogP contribution < -0.4 is 15.5 Å². The quantitative estimate of drug-likeness (QED) is 0.309. The molecule has 1 amide bonds. The van der Waals surface area contributed by atoms with Gasteiger partial charge in [0.05, 0.1) is 28.9 Å². The number of rotatable bonds is 8. The van der Waals surface area contributed by atoms with Gasteiger partial charge in [-0.3, -0.25) is 4.79 Å². The molecule has 0 bridgehead atoms. The van der Waals surface area contributed by atoms with Crippen LogP contribution in [0.25, 0.3) is 0 Å². The summed E-state index contributed by atoms with van der Waals surface area (Å²) in [7, 11) is -0.633. The number of alkyl halides is 3. The molecule has 5 nitrogen and oxygen atoms in total. The van der Waals surface area contributed by atoms with Gasteiger partial charge in [-0.25, -0.2) is 4.39 Å². The zero-order valence-corrected chi connectivity index (χ0v) is 20.5. The summed E-state index contributed by atoms with van der Waals surface area (Å²) in [6.45, 7) is 10.2. The van der Waals surface area contributed by atoms with Gasteiger partial charge in [0.15, 0.2) is 0 Å². The molecule has 1 saturated heterocycles. The fraction of sp³-hybridized carbons (Fsp3) is 0.480. The molecule has 0 radical (unpaired) electrons. The second kappa shape index (κ2) is 10.2. The van der Waals surface area contributed by atoms with Gasteiger partial charge < -0.3 is 19.4 Å². The molecule has 1 heterocycles. The highest BCUT2D eigenvalue weighted by molar-refractivity contribution is 6.62. The number of benzene rings is 2. The minimum absolute atomic E-state index is 0.0336. The maximum atomic E-state index is 14.2. The standard InChI is InChI=1S/C25H30BF4NO4/c1-6-7-12-33-21-11-9-18(26-34-23(2,3)24(4,5)35-26)13-16(21)15-31-22(32)19-10-8-17(14-20(19)27)25(28,29)30/h8-11,13-14H,6-7,12,15H2,1-5H3,(H,31,32). The lowest BCUT2D eigenvalue weighted by molar-refractivity contribution is -0.137. The van der Waals surface area contributed by atoms with Gasteiger partial charge in [-0.2, -0.15) is 13.2 Å². The van der Waals surface area contributed by atoms with Crippen molar-refractivity contribution >= 4 is 18.5 Å². The third-order valence-electron chi connectivity index (χ3n) is 6.35. The van der Waals surface area contributed by atoms with E-state index in [-0.39, 0.29) is 6.54 Å². The first-order valence-corrected chi connectivity index (χ1v) is 11.5. The van der Waals surface area contributed by atoms with E-state index in [0.717, 1.165) is 24.4 Å². The number of amides is 1. The lowest BCUT2D eigenvalue weighted by Crippen LogP contribution is -2.41. The summed E-state index contributed by atoms with van der Waals surface area (Å²) in [6.07, 6.45) is -2.93. The predicted octanol–water partition coefficient (Wildman–Crippen LogP) is 5.25. The average Bonchev–Trinajstić information content (AvgIpc) is 2.99. The molecule has 1 aliphatic heterocycles. The Kier molecular flexibility index (Phi) is 7.86. The summed E-state index contributed by atoms with van der Waals surface area (Å²) in [5, 5.41) is 2.57. The number of unbranched alkanes of at least 4 members (excludes halogenated alkanes) is 1. The van der Waals surface area contributed by atoms with Crippen LogP contribution in [-0.2, 0) is 22.0 Å². The van der Waals surface area contributed by atoms with Crippen LogP contribution in [0.1, 0.15) is 68.9 Å².